The molecule has 0 heterocycles. The number of amides is 1. The minimum absolute atomic E-state index is 0.0616. The second-order valence-electron chi connectivity index (χ2n) is 9.10. The Morgan fingerprint density at radius 1 is 1.23 bits per heavy atom. The van der Waals surface area contributed by atoms with Gasteiger partial charge >= 0.3 is 0 Å². The van der Waals surface area contributed by atoms with Crippen molar-refractivity contribution in [2.24, 2.45) is 17.3 Å². The molecular formula is C21H28Cl2N2O. The summed E-state index contributed by atoms with van der Waals surface area (Å²) in [7, 11) is 4.05. The monoisotopic (exact) mass is 394 g/mol. The number of alkyl halides is 1. The highest BCUT2D eigenvalue weighted by atomic mass is 35.5. The first-order chi connectivity index (χ1) is 12.3. The Morgan fingerprint density at radius 3 is 2.46 bits per heavy atom. The summed E-state index contributed by atoms with van der Waals surface area (Å²) in [5.74, 6) is 1.47. The minimum Gasteiger partial charge on any atom is -0.354 e. The molecule has 0 radical (unpaired) electrons. The fourth-order valence-electron chi connectivity index (χ4n) is 6.11. The van der Waals surface area contributed by atoms with Gasteiger partial charge in [-0.3, -0.25) is 4.79 Å². The van der Waals surface area contributed by atoms with Crippen molar-refractivity contribution in [2.75, 3.05) is 20.6 Å². The van der Waals surface area contributed by atoms with Gasteiger partial charge < -0.3 is 10.2 Å². The molecule has 142 valence electrons. The quantitative estimate of drug-likeness (QED) is 0.737. The number of benzene rings is 1. The number of hydrogen-bond donors (Lipinski definition) is 1. The van der Waals surface area contributed by atoms with Crippen LogP contribution in [0.1, 0.15) is 50.1 Å². The average Bonchev–Trinajstić information content (AvgIpc) is 2.53. The molecule has 0 aromatic heterocycles. The summed E-state index contributed by atoms with van der Waals surface area (Å²) in [6.45, 7) is 0.571. The lowest BCUT2D eigenvalue weighted by atomic mass is 9.49. The number of nitrogens with zero attached hydrogens (tertiary/aromatic N) is 1. The Hall–Kier alpha value is -0.770. The molecule has 4 fully saturated rings. The Kier molecular flexibility index (Phi) is 4.78. The van der Waals surface area contributed by atoms with Crippen LogP contribution in [0.3, 0.4) is 0 Å². The summed E-state index contributed by atoms with van der Waals surface area (Å²) >= 11 is 13.3. The Labute approximate surface area is 166 Å². The fourth-order valence-corrected chi connectivity index (χ4v) is 7.06. The second kappa shape index (κ2) is 6.68. The maximum atomic E-state index is 13.3. The van der Waals surface area contributed by atoms with Crippen LogP contribution in [-0.4, -0.2) is 36.3 Å². The van der Waals surface area contributed by atoms with Gasteiger partial charge in [0.1, 0.15) is 0 Å². The third-order valence-electron chi connectivity index (χ3n) is 6.81. The maximum Gasteiger partial charge on any atom is 0.226 e. The summed E-state index contributed by atoms with van der Waals surface area (Å²) < 4.78 is 0. The molecule has 1 aromatic carbocycles. The minimum atomic E-state index is -0.247. The van der Waals surface area contributed by atoms with Gasteiger partial charge in [0.05, 0.1) is 11.5 Å². The smallest absolute Gasteiger partial charge is 0.226 e. The Morgan fingerprint density at radius 2 is 1.88 bits per heavy atom. The van der Waals surface area contributed by atoms with E-state index in [4.69, 9.17) is 23.2 Å². The first kappa shape index (κ1) is 18.6. The lowest BCUT2D eigenvalue weighted by Gasteiger charge is -2.59. The SMILES string of the molecule is CN(C)[C@@H](CNC(=O)C12C[C@@H]3C[C@@H](CC(Cl)(C3)C1)C2)c1ccccc1Cl. The molecular weight excluding hydrogens is 367 g/mol. The molecule has 0 aliphatic heterocycles. The first-order valence-electron chi connectivity index (χ1n) is 9.68. The van der Waals surface area contributed by atoms with Crippen molar-refractivity contribution < 1.29 is 4.79 Å². The lowest BCUT2D eigenvalue weighted by Crippen LogP contribution is -2.58. The number of rotatable bonds is 5. The number of likely N-dealkylation sites (N-methyl/N-ethyl adjacent to an activating group) is 1. The zero-order valence-electron chi connectivity index (χ0n) is 15.6. The van der Waals surface area contributed by atoms with Crippen molar-refractivity contribution in [3.05, 3.63) is 34.9 Å². The number of carbonyl (C=O) groups is 1. The second-order valence-corrected chi connectivity index (χ2v) is 10.3. The van der Waals surface area contributed by atoms with Crippen LogP contribution in [0, 0.1) is 17.3 Å². The highest BCUT2D eigenvalue weighted by Crippen LogP contribution is 2.63. The zero-order chi connectivity index (χ0) is 18.5. The van der Waals surface area contributed by atoms with Crippen LogP contribution in [0.5, 0.6) is 0 Å². The maximum absolute atomic E-state index is 13.3. The largest absolute Gasteiger partial charge is 0.354 e. The molecule has 1 aromatic rings. The zero-order valence-corrected chi connectivity index (χ0v) is 17.1. The normalized spacial score (nSPS) is 36.3. The van der Waals surface area contributed by atoms with Gasteiger partial charge in [0, 0.05) is 16.4 Å². The highest BCUT2D eigenvalue weighted by molar-refractivity contribution is 6.31. The van der Waals surface area contributed by atoms with Crippen molar-refractivity contribution in [3.8, 4) is 0 Å². The van der Waals surface area contributed by atoms with Crippen LogP contribution in [0.15, 0.2) is 24.3 Å². The molecule has 4 aliphatic carbocycles. The van der Waals surface area contributed by atoms with Crippen molar-refractivity contribution in [2.45, 2.75) is 49.4 Å². The number of carbonyl (C=O) groups excluding carboxylic acids is 1. The summed E-state index contributed by atoms with van der Waals surface area (Å²) in [5.41, 5.74) is 0.808. The number of nitrogens with one attached hydrogen (secondary N) is 1. The number of hydrogen-bond acceptors (Lipinski definition) is 2. The molecule has 1 amide bonds. The highest BCUT2D eigenvalue weighted by Gasteiger charge is 2.60. The van der Waals surface area contributed by atoms with Crippen LogP contribution in [0.4, 0.5) is 0 Å². The standard InChI is InChI=1S/C21H28Cl2N2O/c1-25(2)18(16-5-3-4-6-17(16)22)12-24-19(26)20-8-14-7-15(9-20)11-21(23,10-14)13-20/h3-6,14-15,18H,7-13H2,1-2H3,(H,24,26)/t14-,15+,18-,20?,21?/m0/s1. The van der Waals surface area contributed by atoms with Gasteiger partial charge in [0.25, 0.3) is 0 Å². The van der Waals surface area contributed by atoms with Gasteiger partial charge in [-0.1, -0.05) is 29.8 Å². The van der Waals surface area contributed by atoms with Gasteiger partial charge in [0.2, 0.25) is 5.91 Å². The van der Waals surface area contributed by atoms with Gasteiger partial charge in [0.15, 0.2) is 0 Å². The molecule has 0 spiro atoms. The molecule has 1 N–H and O–H groups in total. The Bertz CT molecular complexity index is 691. The van der Waals surface area contributed by atoms with E-state index in [1.54, 1.807) is 0 Å². The summed E-state index contributed by atoms with van der Waals surface area (Å²) in [6, 6.07) is 7.94. The molecule has 5 heteroatoms. The van der Waals surface area contributed by atoms with Gasteiger partial charge in [-0.2, -0.15) is 0 Å². The van der Waals surface area contributed by atoms with E-state index in [2.05, 4.69) is 10.2 Å². The molecule has 4 aliphatic rings. The van der Waals surface area contributed by atoms with E-state index in [9.17, 15) is 4.79 Å². The van der Waals surface area contributed by atoms with E-state index in [1.165, 1.54) is 6.42 Å². The van der Waals surface area contributed by atoms with Crippen LogP contribution in [0.2, 0.25) is 5.02 Å². The van der Waals surface area contributed by atoms with E-state index in [1.807, 2.05) is 38.4 Å². The molecule has 3 nitrogen and oxygen atoms in total. The van der Waals surface area contributed by atoms with E-state index >= 15 is 0 Å². The van der Waals surface area contributed by atoms with Crippen LogP contribution in [-0.2, 0) is 4.79 Å². The van der Waals surface area contributed by atoms with Crippen LogP contribution in [0.25, 0.3) is 0 Å². The molecule has 5 rings (SSSR count). The molecule has 2 unspecified atom stereocenters. The first-order valence-corrected chi connectivity index (χ1v) is 10.4. The third-order valence-corrected chi connectivity index (χ3v) is 7.60. The van der Waals surface area contributed by atoms with Crippen LogP contribution < -0.4 is 5.32 Å². The molecule has 0 saturated heterocycles. The summed E-state index contributed by atoms with van der Waals surface area (Å²) in [5, 5.41) is 4.01. The van der Waals surface area contributed by atoms with E-state index < -0.39 is 0 Å². The summed E-state index contributed by atoms with van der Waals surface area (Å²) in [4.78, 5) is 15.2. The topological polar surface area (TPSA) is 32.3 Å². The van der Waals surface area contributed by atoms with E-state index in [0.717, 1.165) is 42.7 Å². The van der Waals surface area contributed by atoms with Gasteiger partial charge in [-0.05, 0) is 76.1 Å². The van der Waals surface area contributed by atoms with E-state index in [0.29, 0.717) is 18.4 Å². The molecule has 4 saturated carbocycles. The third kappa shape index (κ3) is 3.27. The summed E-state index contributed by atoms with van der Waals surface area (Å²) in [6.07, 6.45) is 6.34. The molecule has 26 heavy (non-hydrogen) atoms. The van der Waals surface area contributed by atoms with Crippen molar-refractivity contribution in [3.63, 3.8) is 0 Å². The van der Waals surface area contributed by atoms with Crippen molar-refractivity contribution in [1.82, 2.24) is 10.2 Å². The average molecular weight is 395 g/mol. The molecule has 5 atom stereocenters. The fraction of sp³-hybridized carbons (Fsp3) is 0.667. The predicted octanol–water partition coefficient (Wildman–Crippen LogP) is 4.64. The van der Waals surface area contributed by atoms with E-state index in [-0.39, 0.29) is 22.2 Å². The lowest BCUT2D eigenvalue weighted by molar-refractivity contribution is -0.144. The van der Waals surface area contributed by atoms with Crippen molar-refractivity contribution in [1.29, 1.82) is 0 Å². The van der Waals surface area contributed by atoms with Gasteiger partial charge in [-0.25, -0.2) is 0 Å². The Balaban J connectivity index is 1.49. The van der Waals surface area contributed by atoms with Gasteiger partial charge in [-0.15, -0.1) is 11.6 Å². The molecule has 4 bridgehead atoms. The predicted molar refractivity (Wildman–Crippen MR) is 107 cm³/mol. The van der Waals surface area contributed by atoms with Crippen molar-refractivity contribution >= 4 is 29.1 Å². The van der Waals surface area contributed by atoms with Crippen LogP contribution >= 0.6 is 23.2 Å². The number of halogens is 2.